The maximum Gasteiger partial charge on any atom is 0.164 e. The number of aromatic nitrogens is 3. The van der Waals surface area contributed by atoms with E-state index in [0.29, 0.717) is 18.5 Å². The highest BCUT2D eigenvalue weighted by Crippen LogP contribution is 2.24. The summed E-state index contributed by atoms with van der Waals surface area (Å²) < 4.78 is 1.79. The molecule has 1 heterocycles. The number of para-hydroxylation sites is 1. The van der Waals surface area contributed by atoms with E-state index < -0.39 is 0 Å². The highest BCUT2D eigenvalue weighted by molar-refractivity contribution is 5.29. The van der Waals surface area contributed by atoms with Crippen molar-refractivity contribution in [3.8, 4) is 5.69 Å². The number of nitrogens with zero attached hydrogens (tertiary/aromatic N) is 3. The lowest BCUT2D eigenvalue weighted by Gasteiger charge is -2.30. The maximum absolute atomic E-state index is 9.44. The third kappa shape index (κ3) is 3.49. The number of aliphatic hydroxyl groups excluding tert-OH is 1. The molecule has 1 aromatic heterocycles. The molecule has 1 aliphatic rings. The fraction of sp³-hybridized carbons (Fsp3) is 0.500. The summed E-state index contributed by atoms with van der Waals surface area (Å²) >= 11 is 0. The number of aliphatic hydroxyl groups is 1. The van der Waals surface area contributed by atoms with Gasteiger partial charge in [0.1, 0.15) is 6.33 Å². The first-order valence-electron chi connectivity index (χ1n) is 7.67. The third-order valence-corrected chi connectivity index (χ3v) is 4.23. The van der Waals surface area contributed by atoms with Gasteiger partial charge < -0.3 is 10.4 Å². The molecule has 1 fully saturated rings. The van der Waals surface area contributed by atoms with Crippen LogP contribution in [0.4, 0.5) is 0 Å². The molecule has 2 N–H and O–H groups in total. The van der Waals surface area contributed by atoms with Crippen LogP contribution in [0.25, 0.3) is 5.69 Å². The standard InChI is InChI=1S/C16H22N4O/c21-11-13-6-4-5-9-15(13)17-10-16-18-12-20(19-16)14-7-2-1-3-8-14/h1-3,7-8,12-13,15,17,21H,4-6,9-11H2. The first-order valence-corrected chi connectivity index (χ1v) is 7.67. The Morgan fingerprint density at radius 3 is 2.81 bits per heavy atom. The molecule has 0 amide bonds. The van der Waals surface area contributed by atoms with Gasteiger partial charge >= 0.3 is 0 Å². The van der Waals surface area contributed by atoms with Gasteiger partial charge in [0.05, 0.1) is 12.2 Å². The van der Waals surface area contributed by atoms with E-state index >= 15 is 0 Å². The topological polar surface area (TPSA) is 63.0 Å². The zero-order valence-corrected chi connectivity index (χ0v) is 12.2. The molecule has 1 saturated carbocycles. The van der Waals surface area contributed by atoms with Gasteiger partial charge in [-0.15, -0.1) is 5.10 Å². The van der Waals surface area contributed by atoms with Crippen molar-refractivity contribution < 1.29 is 5.11 Å². The van der Waals surface area contributed by atoms with Crippen LogP contribution in [0.1, 0.15) is 31.5 Å². The minimum absolute atomic E-state index is 0.267. The zero-order valence-electron chi connectivity index (χ0n) is 12.2. The average molecular weight is 286 g/mol. The zero-order chi connectivity index (χ0) is 14.5. The fourth-order valence-electron chi connectivity index (χ4n) is 3.00. The molecule has 5 heteroatoms. The molecule has 0 bridgehead atoms. The molecule has 0 saturated heterocycles. The van der Waals surface area contributed by atoms with Gasteiger partial charge in [-0.05, 0) is 30.9 Å². The van der Waals surface area contributed by atoms with Crippen molar-refractivity contribution in [2.24, 2.45) is 5.92 Å². The lowest BCUT2D eigenvalue weighted by molar-refractivity contribution is 0.152. The molecule has 0 aliphatic heterocycles. The second kappa shape index (κ2) is 6.83. The largest absolute Gasteiger partial charge is 0.396 e. The fourth-order valence-corrected chi connectivity index (χ4v) is 3.00. The monoisotopic (exact) mass is 286 g/mol. The molecule has 112 valence electrons. The van der Waals surface area contributed by atoms with Gasteiger partial charge in [0, 0.05) is 12.6 Å². The van der Waals surface area contributed by atoms with Gasteiger partial charge in [0.25, 0.3) is 0 Å². The van der Waals surface area contributed by atoms with Gasteiger partial charge in [-0.2, -0.15) is 0 Å². The van der Waals surface area contributed by atoms with Crippen molar-refractivity contribution in [2.45, 2.75) is 38.3 Å². The lowest BCUT2D eigenvalue weighted by Crippen LogP contribution is -2.40. The van der Waals surface area contributed by atoms with E-state index in [9.17, 15) is 5.11 Å². The van der Waals surface area contributed by atoms with Crippen LogP contribution in [0.3, 0.4) is 0 Å². The summed E-state index contributed by atoms with van der Waals surface area (Å²) in [5.41, 5.74) is 1.02. The molecule has 0 radical (unpaired) electrons. The predicted octanol–water partition coefficient (Wildman–Crippen LogP) is 1.91. The van der Waals surface area contributed by atoms with Crippen LogP contribution in [-0.2, 0) is 6.54 Å². The summed E-state index contributed by atoms with van der Waals surface area (Å²) in [4.78, 5) is 4.35. The minimum atomic E-state index is 0.267. The van der Waals surface area contributed by atoms with E-state index in [0.717, 1.165) is 24.4 Å². The van der Waals surface area contributed by atoms with E-state index in [1.165, 1.54) is 12.8 Å². The summed E-state index contributed by atoms with van der Waals surface area (Å²) in [5, 5.41) is 17.4. The summed E-state index contributed by atoms with van der Waals surface area (Å²) in [7, 11) is 0. The van der Waals surface area contributed by atoms with Gasteiger partial charge in [0.2, 0.25) is 0 Å². The van der Waals surface area contributed by atoms with Crippen molar-refractivity contribution in [1.29, 1.82) is 0 Å². The lowest BCUT2D eigenvalue weighted by atomic mass is 9.85. The third-order valence-electron chi connectivity index (χ3n) is 4.23. The highest BCUT2D eigenvalue weighted by Gasteiger charge is 2.24. The van der Waals surface area contributed by atoms with Crippen LogP contribution in [-0.4, -0.2) is 32.5 Å². The normalized spacial score (nSPS) is 22.3. The first kappa shape index (κ1) is 14.2. The van der Waals surface area contributed by atoms with E-state index in [4.69, 9.17) is 0 Å². The minimum Gasteiger partial charge on any atom is -0.396 e. The first-order chi connectivity index (χ1) is 10.4. The van der Waals surface area contributed by atoms with Crippen molar-refractivity contribution in [3.05, 3.63) is 42.5 Å². The summed E-state index contributed by atoms with van der Waals surface area (Å²) in [6.45, 7) is 0.921. The van der Waals surface area contributed by atoms with Gasteiger partial charge in [-0.25, -0.2) is 9.67 Å². The number of rotatable bonds is 5. The molecular weight excluding hydrogens is 264 g/mol. The summed E-state index contributed by atoms with van der Waals surface area (Å²) in [6, 6.07) is 10.4. The number of hydrogen-bond acceptors (Lipinski definition) is 4. The van der Waals surface area contributed by atoms with Crippen molar-refractivity contribution >= 4 is 0 Å². The van der Waals surface area contributed by atoms with E-state index in [1.54, 1.807) is 11.0 Å². The molecule has 21 heavy (non-hydrogen) atoms. The van der Waals surface area contributed by atoms with Gasteiger partial charge in [-0.3, -0.25) is 0 Å². The molecule has 2 unspecified atom stereocenters. The second-order valence-electron chi connectivity index (χ2n) is 5.66. The van der Waals surface area contributed by atoms with Crippen LogP contribution >= 0.6 is 0 Å². The molecule has 2 atom stereocenters. The Labute approximate surface area is 125 Å². The van der Waals surface area contributed by atoms with Crippen LogP contribution in [0.5, 0.6) is 0 Å². The van der Waals surface area contributed by atoms with Crippen molar-refractivity contribution in [1.82, 2.24) is 20.1 Å². The van der Waals surface area contributed by atoms with Crippen LogP contribution < -0.4 is 5.32 Å². The van der Waals surface area contributed by atoms with Crippen molar-refractivity contribution in [2.75, 3.05) is 6.61 Å². The SMILES string of the molecule is OCC1CCCCC1NCc1ncn(-c2ccccc2)n1. The Morgan fingerprint density at radius 2 is 2.00 bits per heavy atom. The number of nitrogens with one attached hydrogen (secondary N) is 1. The Bertz CT molecular complexity index is 554. The average Bonchev–Trinajstić information content (AvgIpc) is 3.03. The maximum atomic E-state index is 9.44. The van der Waals surface area contributed by atoms with Gasteiger partial charge in [-0.1, -0.05) is 31.0 Å². The Morgan fingerprint density at radius 1 is 1.19 bits per heavy atom. The second-order valence-corrected chi connectivity index (χ2v) is 5.66. The predicted molar refractivity (Wildman–Crippen MR) is 81.0 cm³/mol. The quantitative estimate of drug-likeness (QED) is 0.881. The smallest absolute Gasteiger partial charge is 0.164 e. The Kier molecular flexibility index (Phi) is 4.62. The molecule has 1 aromatic carbocycles. The van der Waals surface area contributed by atoms with E-state index in [-0.39, 0.29) is 6.61 Å². The molecule has 5 nitrogen and oxygen atoms in total. The molecule has 0 spiro atoms. The molecule has 1 aliphatic carbocycles. The highest BCUT2D eigenvalue weighted by atomic mass is 16.3. The van der Waals surface area contributed by atoms with Crippen LogP contribution in [0.2, 0.25) is 0 Å². The van der Waals surface area contributed by atoms with Crippen LogP contribution in [0.15, 0.2) is 36.7 Å². The summed E-state index contributed by atoms with van der Waals surface area (Å²) in [6.07, 6.45) is 6.45. The van der Waals surface area contributed by atoms with E-state index in [1.807, 2.05) is 30.3 Å². The number of hydrogen-bond donors (Lipinski definition) is 2. The number of benzene rings is 1. The summed E-state index contributed by atoms with van der Waals surface area (Å²) in [5.74, 6) is 1.16. The Hall–Kier alpha value is -1.72. The molecule has 3 rings (SSSR count). The van der Waals surface area contributed by atoms with Crippen molar-refractivity contribution in [3.63, 3.8) is 0 Å². The molecule has 2 aromatic rings. The molecular formula is C16H22N4O. The van der Waals surface area contributed by atoms with E-state index in [2.05, 4.69) is 15.4 Å². The Balaban J connectivity index is 1.60. The van der Waals surface area contributed by atoms with Gasteiger partial charge in [0.15, 0.2) is 5.82 Å². The van der Waals surface area contributed by atoms with Crippen LogP contribution in [0, 0.1) is 5.92 Å².